The van der Waals surface area contributed by atoms with Crippen LogP contribution >= 0.6 is 0 Å². The van der Waals surface area contributed by atoms with E-state index in [9.17, 15) is 14.4 Å². The van der Waals surface area contributed by atoms with Crippen LogP contribution in [0.15, 0.2) is 22.1 Å². The Morgan fingerprint density at radius 2 is 1.90 bits per heavy atom. The molecule has 4 aliphatic rings. The second-order valence-electron chi connectivity index (χ2n) is 11.8. The number of aromatic nitrogens is 1. The molecule has 1 saturated carbocycles. The van der Waals surface area contributed by atoms with Crippen molar-refractivity contribution in [2.75, 3.05) is 38.2 Å². The van der Waals surface area contributed by atoms with Gasteiger partial charge in [0.05, 0.1) is 24.1 Å². The van der Waals surface area contributed by atoms with Gasteiger partial charge in [0.2, 0.25) is 11.3 Å². The van der Waals surface area contributed by atoms with Gasteiger partial charge in [-0.25, -0.2) is 19.0 Å². The number of carbonyl (C=O) groups is 2. The highest BCUT2D eigenvalue weighted by molar-refractivity contribution is 6.05. The van der Waals surface area contributed by atoms with E-state index in [4.69, 9.17) is 14.2 Å². The van der Waals surface area contributed by atoms with Crippen LogP contribution in [0.25, 0.3) is 10.9 Å². The lowest BCUT2D eigenvalue weighted by Crippen LogP contribution is -2.50. The van der Waals surface area contributed by atoms with Crippen molar-refractivity contribution in [3.8, 4) is 5.75 Å². The maximum Gasteiger partial charge on any atom is 0.410 e. The fourth-order valence-electron chi connectivity index (χ4n) is 5.89. The second kappa shape index (κ2) is 9.24. The number of likely N-dealkylation sites (tertiary alicyclic amines) is 1. The molecule has 6 rings (SSSR count). The third-order valence-electron chi connectivity index (χ3n) is 7.79. The molecule has 4 heterocycles. The number of methoxy groups -OCH3 is 1. The molecule has 1 aliphatic carbocycles. The third kappa shape index (κ3) is 4.72. The first-order valence-corrected chi connectivity index (χ1v) is 13.5. The van der Waals surface area contributed by atoms with Gasteiger partial charge >= 0.3 is 12.1 Å². The Bertz CT molecular complexity index is 1460. The van der Waals surface area contributed by atoms with Gasteiger partial charge in [-0.3, -0.25) is 4.79 Å². The summed E-state index contributed by atoms with van der Waals surface area (Å²) in [6.45, 7) is 7.42. The standard InChI is InChI=1S/C28H33FN4O6/c1-28(2,3)39-27(36)32-9-5-6-15-12-31(14-20(15)32)23-19(29)10-17-22(25(23)37-4)33(16-7-8-16)13-18(24(17)34)26(35)38-21-11-30-21/h10,13,15-16,20H,5-9,11-12,14H2,1-4H3. The smallest absolute Gasteiger partial charge is 0.410 e. The fraction of sp³-hybridized carbons (Fsp3) is 0.571. The Balaban J connectivity index is 1.40. The quantitative estimate of drug-likeness (QED) is 0.542. The molecule has 1 aromatic heterocycles. The maximum absolute atomic E-state index is 15.9. The minimum Gasteiger partial charge on any atom is -0.492 e. The SMILES string of the molecule is COc1c(N2CC3CCCN(C(=O)OC(C)(C)C)C3C2)c(F)cc2c(=O)c(C(=O)OC3=NC3)cn(C3CC3)c12. The van der Waals surface area contributed by atoms with Crippen molar-refractivity contribution in [1.29, 1.82) is 0 Å². The lowest BCUT2D eigenvalue weighted by molar-refractivity contribution is 0.00668. The summed E-state index contributed by atoms with van der Waals surface area (Å²) in [5, 5.41) is 0.0687. The molecular formula is C28H33FN4O6. The molecule has 3 fully saturated rings. The van der Waals surface area contributed by atoms with Gasteiger partial charge in [0.1, 0.15) is 23.4 Å². The number of pyridine rings is 1. The van der Waals surface area contributed by atoms with Crippen molar-refractivity contribution < 1.29 is 28.2 Å². The van der Waals surface area contributed by atoms with Crippen LogP contribution in [0.5, 0.6) is 5.75 Å². The zero-order chi connectivity index (χ0) is 27.6. The maximum atomic E-state index is 15.9. The van der Waals surface area contributed by atoms with E-state index in [1.54, 1.807) is 4.90 Å². The molecule has 1 aromatic carbocycles. The molecule has 10 nitrogen and oxygen atoms in total. The van der Waals surface area contributed by atoms with Crippen molar-refractivity contribution in [1.82, 2.24) is 9.47 Å². The number of anilines is 1. The van der Waals surface area contributed by atoms with Crippen LogP contribution in [0.3, 0.4) is 0 Å². The summed E-state index contributed by atoms with van der Waals surface area (Å²) in [6.07, 6.45) is 4.65. The van der Waals surface area contributed by atoms with E-state index in [0.717, 1.165) is 25.7 Å². The number of esters is 1. The van der Waals surface area contributed by atoms with Gasteiger partial charge in [0.25, 0.3) is 0 Å². The third-order valence-corrected chi connectivity index (χ3v) is 7.79. The van der Waals surface area contributed by atoms with Gasteiger partial charge < -0.3 is 28.6 Å². The first-order chi connectivity index (χ1) is 18.6. The summed E-state index contributed by atoms with van der Waals surface area (Å²) in [5.41, 5.74) is -0.651. The van der Waals surface area contributed by atoms with E-state index in [-0.39, 0.29) is 52.4 Å². The Morgan fingerprint density at radius 3 is 2.54 bits per heavy atom. The van der Waals surface area contributed by atoms with Gasteiger partial charge in [-0.05, 0) is 58.4 Å². The highest BCUT2D eigenvalue weighted by atomic mass is 19.1. The van der Waals surface area contributed by atoms with Crippen molar-refractivity contribution in [3.63, 3.8) is 0 Å². The second-order valence-corrected chi connectivity index (χ2v) is 11.8. The van der Waals surface area contributed by atoms with Crippen LogP contribution in [0.4, 0.5) is 14.9 Å². The van der Waals surface area contributed by atoms with E-state index in [0.29, 0.717) is 31.7 Å². The van der Waals surface area contributed by atoms with E-state index in [1.165, 1.54) is 19.4 Å². The molecule has 208 valence electrons. The van der Waals surface area contributed by atoms with Crippen molar-refractivity contribution in [2.45, 2.75) is 64.1 Å². The molecule has 2 aromatic rings. The fourth-order valence-corrected chi connectivity index (χ4v) is 5.89. The normalized spacial score (nSPS) is 22.4. The number of rotatable bonds is 4. The van der Waals surface area contributed by atoms with E-state index in [1.807, 2.05) is 30.2 Å². The molecule has 2 atom stereocenters. The van der Waals surface area contributed by atoms with E-state index < -0.39 is 22.8 Å². The van der Waals surface area contributed by atoms with Gasteiger partial charge in [-0.15, -0.1) is 0 Å². The van der Waals surface area contributed by atoms with Crippen molar-refractivity contribution in [2.24, 2.45) is 10.9 Å². The Kier molecular flexibility index (Phi) is 6.07. The van der Waals surface area contributed by atoms with Crippen LogP contribution < -0.4 is 15.1 Å². The molecule has 0 spiro atoms. The lowest BCUT2D eigenvalue weighted by Gasteiger charge is -2.37. The van der Waals surface area contributed by atoms with Gasteiger partial charge in [0.15, 0.2) is 11.6 Å². The zero-order valence-electron chi connectivity index (χ0n) is 22.7. The van der Waals surface area contributed by atoms with Crippen LogP contribution in [0.2, 0.25) is 0 Å². The number of halogens is 1. The molecule has 2 saturated heterocycles. The summed E-state index contributed by atoms with van der Waals surface area (Å²) < 4.78 is 34.4. The highest BCUT2D eigenvalue weighted by Gasteiger charge is 2.44. The van der Waals surface area contributed by atoms with E-state index in [2.05, 4.69) is 4.99 Å². The lowest BCUT2D eigenvalue weighted by atomic mass is 9.92. The molecule has 0 N–H and O–H groups in total. The first kappa shape index (κ1) is 25.6. The highest BCUT2D eigenvalue weighted by Crippen LogP contribution is 2.45. The van der Waals surface area contributed by atoms with Gasteiger partial charge in [-0.1, -0.05) is 0 Å². The molecule has 1 amide bonds. The zero-order valence-corrected chi connectivity index (χ0v) is 22.7. The van der Waals surface area contributed by atoms with Crippen molar-refractivity contribution in [3.05, 3.63) is 33.9 Å². The largest absolute Gasteiger partial charge is 0.492 e. The average Bonchev–Trinajstić information content (AvgIpc) is 3.80. The summed E-state index contributed by atoms with van der Waals surface area (Å²) in [4.78, 5) is 46.6. The Morgan fingerprint density at radius 1 is 1.15 bits per heavy atom. The minimum absolute atomic E-state index is 0.0638. The number of hydrogen-bond acceptors (Lipinski definition) is 8. The predicted octanol–water partition coefficient (Wildman–Crippen LogP) is 3.89. The number of piperidine rings is 1. The molecule has 0 radical (unpaired) electrons. The number of aliphatic imine (C=N–C) groups is 1. The van der Waals surface area contributed by atoms with Gasteiger partial charge in [0, 0.05) is 31.9 Å². The van der Waals surface area contributed by atoms with Crippen LogP contribution in [0, 0.1) is 11.7 Å². The number of hydrogen-bond donors (Lipinski definition) is 0. The first-order valence-electron chi connectivity index (χ1n) is 13.5. The van der Waals surface area contributed by atoms with E-state index >= 15 is 4.39 Å². The summed E-state index contributed by atoms with van der Waals surface area (Å²) in [6, 6.07) is 1.14. The number of ether oxygens (including phenoxy) is 3. The van der Waals surface area contributed by atoms with Crippen LogP contribution in [-0.2, 0) is 9.47 Å². The average molecular weight is 541 g/mol. The van der Waals surface area contributed by atoms with Crippen LogP contribution in [0.1, 0.15) is 62.9 Å². The van der Waals surface area contributed by atoms with Crippen molar-refractivity contribution >= 4 is 34.6 Å². The molecule has 2 unspecified atom stereocenters. The van der Waals surface area contributed by atoms with Gasteiger partial charge in [-0.2, -0.15) is 0 Å². The molecule has 39 heavy (non-hydrogen) atoms. The molecular weight excluding hydrogens is 507 g/mol. The monoisotopic (exact) mass is 540 g/mol. The Labute approximate surface area is 225 Å². The number of fused-ring (bicyclic) bond motifs is 2. The summed E-state index contributed by atoms with van der Waals surface area (Å²) in [5.74, 6) is -0.713. The summed E-state index contributed by atoms with van der Waals surface area (Å²) in [7, 11) is 1.46. The number of benzene rings is 1. The molecule has 3 aliphatic heterocycles. The summed E-state index contributed by atoms with van der Waals surface area (Å²) >= 11 is 0. The molecule has 11 heteroatoms. The minimum atomic E-state index is -0.790. The Hall–Kier alpha value is -3.63. The number of nitrogens with zero attached hydrogens (tertiary/aromatic N) is 4. The number of carbonyl (C=O) groups excluding carboxylic acids is 2. The molecule has 0 bridgehead atoms. The predicted molar refractivity (Wildman–Crippen MR) is 142 cm³/mol. The topological polar surface area (TPSA) is 103 Å². The number of amides is 1. The van der Waals surface area contributed by atoms with Crippen LogP contribution in [-0.4, -0.2) is 72.4 Å².